The van der Waals surface area contributed by atoms with E-state index in [1.54, 1.807) is 17.4 Å². The fourth-order valence-electron chi connectivity index (χ4n) is 1.78. The number of hydrogen-bond donors (Lipinski definition) is 1. The third kappa shape index (κ3) is 2.54. The number of halogens is 2. The maximum Gasteiger partial charge on any atom is 0.115 e. The topological polar surface area (TPSA) is 24.9 Å². The molecule has 0 aliphatic heterocycles. The van der Waals surface area contributed by atoms with Gasteiger partial charge in [0, 0.05) is 4.88 Å². The van der Waals surface area contributed by atoms with Crippen molar-refractivity contribution in [2.24, 2.45) is 0 Å². The first-order chi connectivity index (χ1) is 8.54. The molecule has 0 fully saturated rings. The first kappa shape index (κ1) is 13.8. The SMILES string of the molecule is CNC(c1nc(C)c(C)s1)c1cccc(Cl)c1Cl. The highest BCUT2D eigenvalue weighted by molar-refractivity contribution is 7.11. The Labute approximate surface area is 121 Å². The van der Waals surface area contributed by atoms with E-state index in [1.807, 2.05) is 26.1 Å². The van der Waals surface area contributed by atoms with Gasteiger partial charge in [0.05, 0.1) is 21.8 Å². The van der Waals surface area contributed by atoms with Gasteiger partial charge in [-0.25, -0.2) is 4.98 Å². The molecule has 0 radical (unpaired) electrons. The Balaban J connectivity index is 2.48. The molecule has 1 unspecified atom stereocenters. The van der Waals surface area contributed by atoms with Crippen LogP contribution in [0.25, 0.3) is 0 Å². The van der Waals surface area contributed by atoms with Crippen molar-refractivity contribution >= 4 is 34.5 Å². The first-order valence-corrected chi connectivity index (χ1v) is 7.17. The van der Waals surface area contributed by atoms with Gasteiger partial charge < -0.3 is 5.32 Å². The number of nitrogens with zero attached hydrogens (tertiary/aromatic N) is 1. The highest BCUT2D eigenvalue weighted by atomic mass is 35.5. The van der Waals surface area contributed by atoms with Gasteiger partial charge in [0.2, 0.25) is 0 Å². The van der Waals surface area contributed by atoms with Crippen LogP contribution in [0.2, 0.25) is 10.0 Å². The molecular weight excluding hydrogens is 287 g/mol. The lowest BCUT2D eigenvalue weighted by Gasteiger charge is -2.16. The van der Waals surface area contributed by atoms with E-state index in [0.29, 0.717) is 10.0 Å². The number of aromatic nitrogens is 1. The normalized spacial score (nSPS) is 12.7. The summed E-state index contributed by atoms with van der Waals surface area (Å²) >= 11 is 14.0. The van der Waals surface area contributed by atoms with Crippen LogP contribution < -0.4 is 5.32 Å². The molecule has 1 aromatic heterocycles. The molecule has 0 saturated heterocycles. The van der Waals surface area contributed by atoms with Crippen molar-refractivity contribution in [1.82, 2.24) is 10.3 Å². The summed E-state index contributed by atoms with van der Waals surface area (Å²) in [6, 6.07) is 5.65. The summed E-state index contributed by atoms with van der Waals surface area (Å²) in [7, 11) is 1.90. The van der Waals surface area contributed by atoms with Crippen LogP contribution in [0.3, 0.4) is 0 Å². The first-order valence-electron chi connectivity index (χ1n) is 5.59. The Morgan fingerprint density at radius 3 is 2.56 bits per heavy atom. The average molecular weight is 301 g/mol. The monoisotopic (exact) mass is 300 g/mol. The summed E-state index contributed by atoms with van der Waals surface area (Å²) in [6.07, 6.45) is 0. The Kier molecular flexibility index (Phi) is 4.28. The lowest BCUT2D eigenvalue weighted by molar-refractivity contribution is 0.685. The van der Waals surface area contributed by atoms with E-state index in [9.17, 15) is 0 Å². The zero-order valence-electron chi connectivity index (χ0n) is 10.4. The largest absolute Gasteiger partial charge is 0.307 e. The molecule has 0 amide bonds. The number of thiazole rings is 1. The molecule has 0 bridgehead atoms. The second kappa shape index (κ2) is 5.57. The van der Waals surface area contributed by atoms with Gasteiger partial charge in [0.15, 0.2) is 0 Å². The van der Waals surface area contributed by atoms with E-state index in [-0.39, 0.29) is 6.04 Å². The lowest BCUT2D eigenvalue weighted by Crippen LogP contribution is -2.18. The summed E-state index contributed by atoms with van der Waals surface area (Å²) in [6.45, 7) is 4.09. The Hall–Kier alpha value is -0.610. The maximum absolute atomic E-state index is 6.27. The summed E-state index contributed by atoms with van der Waals surface area (Å²) in [5, 5.41) is 5.41. The summed E-state index contributed by atoms with van der Waals surface area (Å²) in [5.41, 5.74) is 2.02. The molecule has 0 spiro atoms. The molecule has 2 aromatic rings. The molecule has 96 valence electrons. The lowest BCUT2D eigenvalue weighted by atomic mass is 10.1. The van der Waals surface area contributed by atoms with Crippen LogP contribution in [0.5, 0.6) is 0 Å². The standard InChI is InChI=1S/C13H14Cl2N2S/c1-7-8(2)18-13(17-7)12(16-3)9-5-4-6-10(14)11(9)15/h4-6,12,16H,1-3H3. The van der Waals surface area contributed by atoms with Crippen molar-refractivity contribution in [3.63, 3.8) is 0 Å². The quantitative estimate of drug-likeness (QED) is 0.910. The van der Waals surface area contributed by atoms with Crippen molar-refractivity contribution in [3.8, 4) is 0 Å². The van der Waals surface area contributed by atoms with Gasteiger partial charge in [-0.1, -0.05) is 35.3 Å². The minimum atomic E-state index is -0.0198. The molecule has 18 heavy (non-hydrogen) atoms. The maximum atomic E-state index is 6.27. The van der Waals surface area contributed by atoms with Crippen molar-refractivity contribution in [3.05, 3.63) is 49.4 Å². The van der Waals surface area contributed by atoms with Crippen molar-refractivity contribution in [1.29, 1.82) is 0 Å². The van der Waals surface area contributed by atoms with Gasteiger partial charge in [-0.2, -0.15) is 0 Å². The van der Waals surface area contributed by atoms with Gasteiger partial charge in [0.25, 0.3) is 0 Å². The molecule has 1 heterocycles. The van der Waals surface area contributed by atoms with Crippen LogP contribution in [0, 0.1) is 13.8 Å². The Bertz CT molecular complexity index is 547. The van der Waals surface area contributed by atoms with Crippen molar-refractivity contribution in [2.75, 3.05) is 7.05 Å². The summed E-state index contributed by atoms with van der Waals surface area (Å²) < 4.78 is 0. The number of rotatable bonds is 3. The minimum Gasteiger partial charge on any atom is -0.307 e. The fraction of sp³-hybridized carbons (Fsp3) is 0.308. The molecule has 1 aromatic carbocycles. The zero-order valence-corrected chi connectivity index (χ0v) is 12.7. The van der Waals surface area contributed by atoms with Crippen LogP contribution in [0.15, 0.2) is 18.2 Å². The van der Waals surface area contributed by atoms with Gasteiger partial charge in [0.1, 0.15) is 5.01 Å². The molecular formula is C13H14Cl2N2S. The number of aryl methyl sites for hydroxylation is 2. The third-order valence-corrected chi connectivity index (χ3v) is 4.84. The number of hydrogen-bond acceptors (Lipinski definition) is 3. The predicted molar refractivity (Wildman–Crippen MR) is 79.0 cm³/mol. The molecule has 0 saturated carbocycles. The van der Waals surface area contributed by atoms with Gasteiger partial charge >= 0.3 is 0 Å². The molecule has 1 N–H and O–H groups in total. The Morgan fingerprint density at radius 2 is 2.00 bits per heavy atom. The summed E-state index contributed by atoms with van der Waals surface area (Å²) in [5.74, 6) is 0. The Morgan fingerprint density at radius 1 is 1.28 bits per heavy atom. The van der Waals surface area contributed by atoms with E-state index >= 15 is 0 Å². The zero-order chi connectivity index (χ0) is 13.3. The van der Waals surface area contributed by atoms with E-state index < -0.39 is 0 Å². The van der Waals surface area contributed by atoms with Crippen molar-refractivity contribution in [2.45, 2.75) is 19.9 Å². The highest BCUT2D eigenvalue weighted by Crippen LogP contribution is 2.34. The smallest absolute Gasteiger partial charge is 0.115 e. The molecule has 2 rings (SSSR count). The van der Waals surface area contributed by atoms with E-state index in [0.717, 1.165) is 16.3 Å². The second-order valence-electron chi connectivity index (χ2n) is 4.06. The molecule has 0 aliphatic rings. The molecule has 0 aliphatic carbocycles. The van der Waals surface area contributed by atoms with Gasteiger partial charge in [-0.3, -0.25) is 0 Å². The molecule has 2 nitrogen and oxygen atoms in total. The van der Waals surface area contributed by atoms with Crippen LogP contribution in [0.1, 0.15) is 27.2 Å². The van der Waals surface area contributed by atoms with Gasteiger partial charge in [-0.15, -0.1) is 11.3 Å². The van der Waals surface area contributed by atoms with Crippen LogP contribution in [0.4, 0.5) is 0 Å². The van der Waals surface area contributed by atoms with E-state index in [1.165, 1.54) is 4.88 Å². The van der Waals surface area contributed by atoms with E-state index in [2.05, 4.69) is 17.2 Å². The molecule has 1 atom stereocenters. The van der Waals surface area contributed by atoms with Crippen molar-refractivity contribution < 1.29 is 0 Å². The number of nitrogens with one attached hydrogen (secondary N) is 1. The second-order valence-corrected chi connectivity index (χ2v) is 6.08. The van der Waals surface area contributed by atoms with Crippen LogP contribution in [-0.2, 0) is 0 Å². The minimum absolute atomic E-state index is 0.0198. The van der Waals surface area contributed by atoms with Crippen LogP contribution >= 0.6 is 34.5 Å². The van der Waals surface area contributed by atoms with Gasteiger partial charge in [-0.05, 0) is 32.5 Å². The average Bonchev–Trinajstić information content (AvgIpc) is 2.66. The third-order valence-electron chi connectivity index (χ3n) is 2.87. The molecule has 5 heteroatoms. The summed E-state index contributed by atoms with van der Waals surface area (Å²) in [4.78, 5) is 5.81. The highest BCUT2D eigenvalue weighted by Gasteiger charge is 2.20. The fourth-order valence-corrected chi connectivity index (χ4v) is 3.25. The van der Waals surface area contributed by atoms with E-state index in [4.69, 9.17) is 23.2 Å². The van der Waals surface area contributed by atoms with Crippen LogP contribution in [-0.4, -0.2) is 12.0 Å². The predicted octanol–water partition coefficient (Wildman–Crippen LogP) is 4.38. The number of benzene rings is 1.